The number of ether oxygens (including phenoxy) is 1. The van der Waals surface area contributed by atoms with E-state index in [2.05, 4.69) is 4.98 Å². The second kappa shape index (κ2) is 5.19. The van der Waals surface area contributed by atoms with Gasteiger partial charge in [-0.05, 0) is 11.1 Å². The van der Waals surface area contributed by atoms with Crippen LogP contribution in [0.3, 0.4) is 0 Å². The van der Waals surface area contributed by atoms with Crippen LogP contribution < -0.4 is 0 Å². The third-order valence-electron chi connectivity index (χ3n) is 2.42. The number of aromatic nitrogens is 1. The van der Waals surface area contributed by atoms with Crippen molar-refractivity contribution in [3.8, 4) is 0 Å². The summed E-state index contributed by atoms with van der Waals surface area (Å²) in [7, 11) is 1.37. The molecule has 0 N–H and O–H groups in total. The third kappa shape index (κ3) is 2.26. The first-order chi connectivity index (χ1) is 8.27. The van der Waals surface area contributed by atoms with E-state index in [4.69, 9.17) is 4.74 Å². The minimum atomic E-state index is -0.383. The van der Waals surface area contributed by atoms with E-state index in [1.54, 1.807) is 18.0 Å². The molecule has 0 saturated heterocycles. The summed E-state index contributed by atoms with van der Waals surface area (Å²) in [6.45, 7) is 2.05. The van der Waals surface area contributed by atoms with Gasteiger partial charge in [0.1, 0.15) is 0 Å². The van der Waals surface area contributed by atoms with Gasteiger partial charge in [0.15, 0.2) is 5.69 Å². The topological polar surface area (TPSA) is 39.2 Å². The lowest BCUT2D eigenvalue weighted by Gasteiger charge is -2.09. The van der Waals surface area contributed by atoms with Crippen molar-refractivity contribution in [2.24, 2.45) is 0 Å². The summed E-state index contributed by atoms with van der Waals surface area (Å²) >= 11 is 1.61. The fourth-order valence-electron chi connectivity index (χ4n) is 1.67. The number of pyridine rings is 1. The van der Waals surface area contributed by atoms with Crippen molar-refractivity contribution < 1.29 is 9.53 Å². The second-order valence-electron chi connectivity index (χ2n) is 3.45. The van der Waals surface area contributed by atoms with Crippen molar-refractivity contribution in [1.29, 1.82) is 0 Å². The van der Waals surface area contributed by atoms with E-state index in [0.717, 1.165) is 21.4 Å². The summed E-state index contributed by atoms with van der Waals surface area (Å²) in [5.74, 6) is 0.506. The highest BCUT2D eigenvalue weighted by Crippen LogP contribution is 2.30. The zero-order valence-corrected chi connectivity index (χ0v) is 10.6. The molecule has 0 atom stereocenters. The number of carbonyl (C=O) groups is 1. The van der Waals surface area contributed by atoms with E-state index < -0.39 is 0 Å². The maximum atomic E-state index is 11.7. The number of methoxy groups -OCH3 is 1. The lowest BCUT2D eigenvalue weighted by molar-refractivity contribution is 0.0590. The van der Waals surface area contributed by atoms with E-state index in [0.29, 0.717) is 5.69 Å². The molecule has 0 saturated carbocycles. The van der Waals surface area contributed by atoms with Crippen LogP contribution in [0.2, 0.25) is 0 Å². The van der Waals surface area contributed by atoms with Crippen LogP contribution in [0.5, 0.6) is 0 Å². The van der Waals surface area contributed by atoms with Crippen molar-refractivity contribution >= 4 is 28.5 Å². The molecule has 4 heteroatoms. The van der Waals surface area contributed by atoms with Crippen LogP contribution in [0.25, 0.3) is 10.8 Å². The van der Waals surface area contributed by atoms with Crippen molar-refractivity contribution in [3.05, 3.63) is 36.2 Å². The Morgan fingerprint density at radius 3 is 2.88 bits per heavy atom. The van der Waals surface area contributed by atoms with Crippen LogP contribution in [0, 0.1) is 0 Å². The highest BCUT2D eigenvalue weighted by atomic mass is 32.2. The standard InChI is InChI=1S/C13H13NO2S/c1-3-17-12-10-7-5-4-6-9(10)8-14-11(12)13(15)16-2/h4-8H,3H2,1-2H3. The molecule has 88 valence electrons. The van der Waals surface area contributed by atoms with Gasteiger partial charge < -0.3 is 4.74 Å². The van der Waals surface area contributed by atoms with Crippen LogP contribution in [0.4, 0.5) is 0 Å². The van der Waals surface area contributed by atoms with Crippen LogP contribution >= 0.6 is 11.8 Å². The van der Waals surface area contributed by atoms with Gasteiger partial charge in [0, 0.05) is 16.5 Å². The summed E-state index contributed by atoms with van der Waals surface area (Å²) in [5, 5.41) is 2.09. The smallest absolute Gasteiger partial charge is 0.357 e. The molecule has 0 bridgehead atoms. The molecule has 0 amide bonds. The molecule has 0 spiro atoms. The molecule has 0 fully saturated rings. The molecule has 1 heterocycles. The largest absolute Gasteiger partial charge is 0.464 e. The number of esters is 1. The van der Waals surface area contributed by atoms with Crippen LogP contribution in [0.1, 0.15) is 17.4 Å². The van der Waals surface area contributed by atoms with Crippen LogP contribution in [-0.2, 0) is 4.74 Å². The average Bonchev–Trinajstić information content (AvgIpc) is 2.38. The molecule has 17 heavy (non-hydrogen) atoms. The molecule has 3 nitrogen and oxygen atoms in total. The summed E-state index contributed by atoms with van der Waals surface area (Å²) in [5.41, 5.74) is 0.401. The van der Waals surface area contributed by atoms with Gasteiger partial charge in [-0.3, -0.25) is 0 Å². The van der Waals surface area contributed by atoms with E-state index in [9.17, 15) is 4.79 Å². The number of benzene rings is 1. The summed E-state index contributed by atoms with van der Waals surface area (Å²) in [4.78, 5) is 16.8. The van der Waals surface area contributed by atoms with Crippen molar-refractivity contribution in [2.75, 3.05) is 12.9 Å². The SMILES string of the molecule is CCSc1c(C(=O)OC)ncc2ccccc12. The van der Waals surface area contributed by atoms with Gasteiger partial charge in [-0.15, -0.1) is 11.8 Å². The Kier molecular flexibility index (Phi) is 3.64. The molecule has 0 radical (unpaired) electrons. The number of nitrogens with zero attached hydrogens (tertiary/aromatic N) is 1. The molecule has 2 rings (SSSR count). The molecule has 0 unspecified atom stereocenters. The minimum Gasteiger partial charge on any atom is -0.464 e. The molecule has 0 aliphatic rings. The number of rotatable bonds is 3. The van der Waals surface area contributed by atoms with E-state index in [-0.39, 0.29) is 5.97 Å². The predicted octanol–water partition coefficient (Wildman–Crippen LogP) is 3.13. The minimum absolute atomic E-state index is 0.383. The van der Waals surface area contributed by atoms with E-state index >= 15 is 0 Å². The van der Waals surface area contributed by atoms with Crippen molar-refractivity contribution in [2.45, 2.75) is 11.8 Å². The maximum absolute atomic E-state index is 11.7. The van der Waals surface area contributed by atoms with Gasteiger partial charge in [-0.25, -0.2) is 9.78 Å². The summed E-state index contributed by atoms with van der Waals surface area (Å²) in [6, 6.07) is 7.91. The average molecular weight is 247 g/mol. The fraction of sp³-hybridized carbons (Fsp3) is 0.231. The summed E-state index contributed by atoms with van der Waals surface area (Å²) in [6.07, 6.45) is 1.71. The molecule has 2 aromatic rings. The zero-order valence-electron chi connectivity index (χ0n) is 9.77. The van der Waals surface area contributed by atoms with Crippen LogP contribution in [-0.4, -0.2) is 23.8 Å². The molecule has 1 aromatic carbocycles. The first-order valence-corrected chi connectivity index (χ1v) is 6.35. The Labute approximate surface area is 104 Å². The second-order valence-corrected chi connectivity index (χ2v) is 4.72. The first kappa shape index (κ1) is 11.9. The number of hydrogen-bond donors (Lipinski definition) is 0. The Hall–Kier alpha value is -1.55. The number of thioether (sulfide) groups is 1. The normalized spacial score (nSPS) is 10.5. The van der Waals surface area contributed by atoms with E-state index in [1.165, 1.54) is 7.11 Å². The van der Waals surface area contributed by atoms with Crippen molar-refractivity contribution in [1.82, 2.24) is 4.98 Å². The van der Waals surface area contributed by atoms with Gasteiger partial charge in [0.2, 0.25) is 0 Å². The van der Waals surface area contributed by atoms with Gasteiger partial charge >= 0.3 is 5.97 Å². The summed E-state index contributed by atoms with van der Waals surface area (Å²) < 4.78 is 4.76. The number of carbonyl (C=O) groups excluding carboxylic acids is 1. The van der Waals surface area contributed by atoms with Gasteiger partial charge in [-0.2, -0.15) is 0 Å². The Balaban J connectivity index is 2.68. The maximum Gasteiger partial charge on any atom is 0.357 e. The highest BCUT2D eigenvalue weighted by molar-refractivity contribution is 7.99. The lowest BCUT2D eigenvalue weighted by Crippen LogP contribution is -2.06. The Morgan fingerprint density at radius 2 is 2.18 bits per heavy atom. The molecular formula is C13H13NO2S. The van der Waals surface area contributed by atoms with E-state index in [1.807, 2.05) is 31.2 Å². The lowest BCUT2D eigenvalue weighted by atomic mass is 10.1. The zero-order chi connectivity index (χ0) is 12.3. The van der Waals surface area contributed by atoms with Gasteiger partial charge in [0.05, 0.1) is 7.11 Å². The third-order valence-corrected chi connectivity index (χ3v) is 3.41. The highest BCUT2D eigenvalue weighted by Gasteiger charge is 2.16. The number of hydrogen-bond acceptors (Lipinski definition) is 4. The molecule has 0 aliphatic carbocycles. The number of fused-ring (bicyclic) bond motifs is 1. The quantitative estimate of drug-likeness (QED) is 0.617. The first-order valence-electron chi connectivity index (χ1n) is 5.36. The fourth-order valence-corrected chi connectivity index (χ4v) is 2.57. The van der Waals surface area contributed by atoms with Gasteiger partial charge in [0.25, 0.3) is 0 Å². The Bertz CT molecular complexity index is 554. The van der Waals surface area contributed by atoms with Crippen molar-refractivity contribution in [3.63, 3.8) is 0 Å². The molecule has 0 aliphatic heterocycles. The van der Waals surface area contributed by atoms with Gasteiger partial charge in [-0.1, -0.05) is 31.2 Å². The monoisotopic (exact) mass is 247 g/mol. The Morgan fingerprint density at radius 1 is 1.41 bits per heavy atom. The van der Waals surface area contributed by atoms with Crippen LogP contribution in [0.15, 0.2) is 35.4 Å². The predicted molar refractivity (Wildman–Crippen MR) is 69.5 cm³/mol. The molecule has 1 aromatic heterocycles. The molecular weight excluding hydrogens is 234 g/mol.